The maximum atomic E-state index is 14.1. The molecule has 5 aromatic heterocycles. The molecule has 5 heterocycles. The molecule has 19 heteroatoms. The van der Waals surface area contributed by atoms with Gasteiger partial charge in [-0.1, -0.05) is 135 Å². The number of allylic oxidation sites excluding steroid dienone is 4. The van der Waals surface area contributed by atoms with E-state index in [-0.39, 0.29) is 87.2 Å². The fourth-order valence-electron chi connectivity index (χ4n) is 21.8. The van der Waals surface area contributed by atoms with Crippen LogP contribution >= 0.6 is 11.3 Å². The van der Waals surface area contributed by atoms with Crippen molar-refractivity contribution in [3.8, 4) is 22.7 Å². The molecule has 0 bridgehead atoms. The predicted octanol–water partition coefficient (Wildman–Crippen LogP) is 22.3. The highest BCUT2D eigenvalue weighted by atomic mass is 32.1. The second-order valence-corrected chi connectivity index (χ2v) is 36.6. The Kier molecular flexibility index (Phi) is 22.6. The fourth-order valence-corrected chi connectivity index (χ4v) is 22.8. The van der Waals surface area contributed by atoms with E-state index in [1.54, 1.807) is 59.9 Å². The largest absolute Gasteiger partial charge is 0.393 e. The Morgan fingerprint density at radius 3 is 1.06 bits per heavy atom. The summed E-state index contributed by atoms with van der Waals surface area (Å²) in [6, 6.07) is 58.3. The summed E-state index contributed by atoms with van der Waals surface area (Å²) in [5.41, 5.74) is 21.3. The van der Waals surface area contributed by atoms with Gasteiger partial charge in [0.05, 0.1) is 94.7 Å². The van der Waals surface area contributed by atoms with Crippen LogP contribution in [0.2, 0.25) is 0 Å². The summed E-state index contributed by atoms with van der Waals surface area (Å²) in [5.74, 6) is -1.61. The third-order valence-corrected chi connectivity index (χ3v) is 29.6. The summed E-state index contributed by atoms with van der Waals surface area (Å²) in [6.45, 7) is 9.06. The van der Waals surface area contributed by atoms with Crippen LogP contribution in [-0.4, -0.2) is 77.9 Å². The molecule has 122 heavy (non-hydrogen) atoms. The van der Waals surface area contributed by atoms with E-state index < -0.39 is 23.8 Å². The third-order valence-electron chi connectivity index (χ3n) is 28.6. The summed E-state index contributed by atoms with van der Waals surface area (Å²) in [5, 5.41) is 66.3. The van der Waals surface area contributed by atoms with Crippen molar-refractivity contribution in [2.24, 2.45) is 45.3 Å². The Labute approximate surface area is 711 Å². The molecule has 4 N–H and O–H groups in total. The minimum Gasteiger partial charge on any atom is -0.393 e. The molecule has 0 radical (unpaired) electrons. The van der Waals surface area contributed by atoms with E-state index in [0.29, 0.717) is 5.56 Å². The number of thiophene rings is 1. The van der Waals surface area contributed by atoms with Gasteiger partial charge >= 0.3 is 0 Å². The van der Waals surface area contributed by atoms with Gasteiger partial charge in [0, 0.05) is 17.2 Å². The van der Waals surface area contributed by atoms with Crippen LogP contribution in [0.25, 0.3) is 57.1 Å². The normalized spacial score (nSPS) is 23.5. The maximum absolute atomic E-state index is 14.1. The first kappa shape index (κ1) is 81.9. The van der Waals surface area contributed by atoms with Crippen LogP contribution in [0.15, 0.2) is 253 Å². The lowest BCUT2D eigenvalue weighted by Gasteiger charge is -2.38. The van der Waals surface area contributed by atoms with E-state index in [1.165, 1.54) is 121 Å². The molecule has 8 aliphatic rings. The number of aliphatic hydroxyl groups excluding tert-OH is 4. The van der Waals surface area contributed by atoms with Crippen molar-refractivity contribution in [2.75, 3.05) is 0 Å². The molecule has 4 fully saturated rings. The van der Waals surface area contributed by atoms with Crippen molar-refractivity contribution in [1.82, 2.24) is 39.1 Å². The highest BCUT2D eigenvalue weighted by Crippen LogP contribution is 2.60. The van der Waals surface area contributed by atoms with Crippen LogP contribution in [-0.2, 0) is 44.9 Å². The standard InChI is InChI=1S/C26H23FN2OS.2C26H27FN2O.C25H23F3N2O/c1-26-13-16-14-28-29(19-9-7-18(27)8-10-19)23(16)12-17(26)6-11-22(26)25(30)21-15-31-24-5-3-2-4-20(21)24;2*1-26-16-19-17-28-29(22-11-9-21(27)10-12-22)24(19)15-20(26)8-13-23(26)25(30)14-7-18-5-3-2-4-6-18;1-25-13-16-14-29-30(20-7-5-18(26)6-8-20)23(16)11-17(25)3-9-21(25)24(31)10-15-2-4-19(27)12-22(15)28/h2-5,7-10,12,14-15,22,25,30H,6,11,13H2,1H3;2*2-6,9-12,15,17,23,25,30H,7-8,13-14,16H2,1H3;2,4-8,11-12,14,21,24,31H,3,9-10,13H2,1H3/t22-,25+,26+;23-,25+,26+;23-,25-,26+;21-,24-,25+/m1111/s1. The van der Waals surface area contributed by atoms with Gasteiger partial charge in [-0.05, 0) is 337 Å². The van der Waals surface area contributed by atoms with Gasteiger partial charge in [0.25, 0.3) is 0 Å². The minimum atomic E-state index is -0.732. The number of benzene rings is 8. The van der Waals surface area contributed by atoms with Gasteiger partial charge in [-0.15, -0.1) is 11.3 Å². The topological polar surface area (TPSA) is 152 Å². The van der Waals surface area contributed by atoms with Crippen LogP contribution in [0.5, 0.6) is 0 Å². The molecular formula is C103H100F6N8O4S. The van der Waals surface area contributed by atoms with E-state index in [0.717, 1.165) is 165 Å². The SMILES string of the molecule is C[C@]12Cc3cnn(-c4ccc(F)cc4)c3C=C1CC[C@@H]2[C@@H](O)CCc1ccccc1.C[C@]12Cc3cnn(-c4ccc(F)cc4)c3C=C1CC[C@@H]2[C@@H](O)c1csc2ccccc12.C[C@]12Cc3cnn(-c4ccc(F)cc4)c3C=C1CC[C@@H]2[C@H](O)CCc1ccccc1.C[C@]12Cc3cnn(-c4ccc(F)cc4)c3C=C1CC[C@@H]2[C@H](O)Cc1ccc(F)cc1F. The molecule has 21 rings (SSSR count). The number of hydrogen-bond donors (Lipinski definition) is 4. The van der Waals surface area contributed by atoms with Gasteiger partial charge < -0.3 is 20.4 Å². The second kappa shape index (κ2) is 33.6. The number of rotatable bonds is 17. The number of nitrogens with zero attached hydrogens (tertiary/aromatic N) is 8. The van der Waals surface area contributed by atoms with Crippen LogP contribution < -0.4 is 0 Å². The van der Waals surface area contributed by atoms with E-state index in [2.05, 4.69) is 138 Å². The molecule has 12 atom stereocenters. The van der Waals surface area contributed by atoms with Crippen LogP contribution in [0.4, 0.5) is 26.3 Å². The van der Waals surface area contributed by atoms with Gasteiger partial charge in [-0.25, -0.2) is 45.1 Å². The van der Waals surface area contributed by atoms with Crippen molar-refractivity contribution in [2.45, 2.75) is 161 Å². The molecule has 12 nitrogen and oxygen atoms in total. The number of hydrogen-bond acceptors (Lipinski definition) is 9. The zero-order valence-corrected chi connectivity index (χ0v) is 69.7. The van der Waals surface area contributed by atoms with Crippen LogP contribution in [0.3, 0.4) is 0 Å². The van der Waals surface area contributed by atoms with Crippen molar-refractivity contribution < 1.29 is 46.8 Å². The summed E-state index contributed by atoms with van der Waals surface area (Å²) < 4.78 is 89.4. The summed E-state index contributed by atoms with van der Waals surface area (Å²) in [6.07, 6.45) is 29.3. The van der Waals surface area contributed by atoms with Gasteiger partial charge in [-0.2, -0.15) is 20.4 Å². The summed E-state index contributed by atoms with van der Waals surface area (Å²) in [4.78, 5) is 0. The van der Waals surface area contributed by atoms with E-state index in [1.807, 2.05) is 67.8 Å². The third kappa shape index (κ3) is 15.7. The number of aromatic nitrogens is 8. The molecule has 13 aromatic rings. The average molecular weight is 1660 g/mol. The first-order valence-corrected chi connectivity index (χ1v) is 43.7. The smallest absolute Gasteiger partial charge is 0.129 e. The lowest BCUT2D eigenvalue weighted by Crippen LogP contribution is -2.37. The van der Waals surface area contributed by atoms with Crippen molar-refractivity contribution in [3.05, 3.63) is 355 Å². The number of halogens is 6. The molecule has 0 spiro atoms. The van der Waals surface area contributed by atoms with Gasteiger partial charge in [-0.3, -0.25) is 0 Å². The first-order chi connectivity index (χ1) is 59.0. The van der Waals surface area contributed by atoms with Crippen LogP contribution in [0, 0.1) is 80.2 Å². The zero-order chi connectivity index (χ0) is 84.3. The summed E-state index contributed by atoms with van der Waals surface area (Å²) in [7, 11) is 0. The van der Waals surface area contributed by atoms with E-state index in [9.17, 15) is 46.8 Å². The molecule has 0 aliphatic heterocycles. The van der Waals surface area contributed by atoms with Crippen molar-refractivity contribution in [3.63, 3.8) is 0 Å². The Morgan fingerprint density at radius 2 is 0.697 bits per heavy atom. The molecule has 0 saturated heterocycles. The van der Waals surface area contributed by atoms with Crippen molar-refractivity contribution in [1.29, 1.82) is 0 Å². The Morgan fingerprint density at radius 1 is 0.377 bits per heavy atom. The second-order valence-electron chi connectivity index (χ2n) is 35.7. The van der Waals surface area contributed by atoms with Gasteiger partial charge in [0.1, 0.15) is 34.9 Å². The Bertz CT molecular complexity index is 5940. The van der Waals surface area contributed by atoms with Gasteiger partial charge in [0.15, 0.2) is 0 Å². The lowest BCUT2D eigenvalue weighted by molar-refractivity contribution is 0.0497. The maximum Gasteiger partial charge on any atom is 0.129 e. The zero-order valence-electron chi connectivity index (χ0n) is 68.9. The highest BCUT2D eigenvalue weighted by molar-refractivity contribution is 7.17. The molecule has 8 aromatic carbocycles. The number of aliphatic hydroxyl groups is 4. The number of fused-ring (bicyclic) bond motifs is 9. The fraction of sp³-hybridized carbons (Fsp3) is 0.320. The monoisotopic (exact) mass is 1660 g/mol. The Balaban J connectivity index is 0.000000111. The molecule has 624 valence electrons. The molecule has 0 amide bonds. The molecule has 4 saturated carbocycles. The minimum absolute atomic E-state index is 0.0280. The quantitative estimate of drug-likeness (QED) is 0.0658. The highest BCUT2D eigenvalue weighted by Gasteiger charge is 2.53. The van der Waals surface area contributed by atoms with Crippen molar-refractivity contribution >= 4 is 45.7 Å². The molecule has 8 aliphatic carbocycles. The molecular weight excluding hydrogens is 1560 g/mol. The Hall–Kier alpha value is -11.1. The van der Waals surface area contributed by atoms with Crippen LogP contribution in [0.1, 0.15) is 165 Å². The lowest BCUT2D eigenvalue weighted by atomic mass is 9.67. The first-order valence-electron chi connectivity index (χ1n) is 42.8. The van der Waals surface area contributed by atoms with E-state index in [4.69, 9.17) is 0 Å². The number of aryl methyl sites for hydroxylation is 2. The van der Waals surface area contributed by atoms with E-state index >= 15 is 0 Å². The predicted molar refractivity (Wildman–Crippen MR) is 469 cm³/mol. The average Bonchev–Trinajstić information content (AvgIpc) is 1.59. The summed E-state index contributed by atoms with van der Waals surface area (Å²) >= 11 is 1.71. The van der Waals surface area contributed by atoms with Gasteiger partial charge in [0.2, 0.25) is 0 Å². The molecule has 0 unspecified atom stereocenters.